The summed E-state index contributed by atoms with van der Waals surface area (Å²) in [6, 6.07) is 1.85. The van der Waals surface area contributed by atoms with Crippen molar-refractivity contribution in [2.24, 2.45) is 0 Å². The van der Waals surface area contributed by atoms with Crippen molar-refractivity contribution in [1.82, 2.24) is 19.9 Å². The number of anilines is 1. The summed E-state index contributed by atoms with van der Waals surface area (Å²) in [5.41, 5.74) is 0.654. The molecule has 0 aliphatic carbocycles. The van der Waals surface area contributed by atoms with Crippen LogP contribution in [-0.2, 0) is 0 Å². The van der Waals surface area contributed by atoms with Crippen LogP contribution in [0.5, 0.6) is 5.75 Å². The van der Waals surface area contributed by atoms with E-state index in [1.165, 1.54) is 13.3 Å². The zero-order valence-corrected chi connectivity index (χ0v) is 12.0. The third-order valence-corrected chi connectivity index (χ3v) is 3.61. The van der Waals surface area contributed by atoms with Gasteiger partial charge in [-0.3, -0.25) is 4.79 Å². The molecule has 1 aliphatic rings. The maximum atomic E-state index is 11.9. The first-order valence-corrected chi connectivity index (χ1v) is 6.88. The summed E-state index contributed by atoms with van der Waals surface area (Å²) in [7, 11) is 1.45. The standard InChI is InChI=1S/C14H17N5O2/c1-9-5-6-15-14(17-9)19-7-3-4-10(19)12-16-8-11(21-2)13(20)18-12/h5-6,8,10H,3-4,7H2,1-2H3,(H,16,18,20)/t10-/m0/s1. The molecule has 1 N–H and O–H groups in total. The summed E-state index contributed by atoms with van der Waals surface area (Å²) in [5.74, 6) is 1.52. The Morgan fingerprint density at radius 1 is 1.43 bits per heavy atom. The highest BCUT2D eigenvalue weighted by Crippen LogP contribution is 2.32. The number of aromatic amines is 1. The van der Waals surface area contributed by atoms with Gasteiger partial charge in [0.1, 0.15) is 5.82 Å². The fraction of sp³-hybridized carbons (Fsp3) is 0.429. The monoisotopic (exact) mass is 287 g/mol. The van der Waals surface area contributed by atoms with Crippen LogP contribution in [0, 0.1) is 6.92 Å². The van der Waals surface area contributed by atoms with E-state index in [2.05, 4.69) is 24.8 Å². The van der Waals surface area contributed by atoms with Gasteiger partial charge in [0.15, 0.2) is 0 Å². The van der Waals surface area contributed by atoms with Crippen molar-refractivity contribution in [2.45, 2.75) is 25.8 Å². The van der Waals surface area contributed by atoms with Gasteiger partial charge in [0.25, 0.3) is 5.56 Å². The van der Waals surface area contributed by atoms with Crippen molar-refractivity contribution in [1.29, 1.82) is 0 Å². The number of ether oxygens (including phenoxy) is 1. The Kier molecular flexibility index (Phi) is 3.55. The lowest BCUT2D eigenvalue weighted by Crippen LogP contribution is -2.28. The Morgan fingerprint density at radius 2 is 2.29 bits per heavy atom. The van der Waals surface area contributed by atoms with Gasteiger partial charge in [0, 0.05) is 18.4 Å². The summed E-state index contributed by atoms with van der Waals surface area (Å²) >= 11 is 0. The summed E-state index contributed by atoms with van der Waals surface area (Å²) in [6.07, 6.45) is 5.13. The smallest absolute Gasteiger partial charge is 0.293 e. The topological polar surface area (TPSA) is 84.0 Å². The number of rotatable bonds is 3. The van der Waals surface area contributed by atoms with Crippen molar-refractivity contribution in [2.75, 3.05) is 18.6 Å². The van der Waals surface area contributed by atoms with Gasteiger partial charge in [0.05, 0.1) is 19.3 Å². The molecule has 7 nitrogen and oxygen atoms in total. The third-order valence-electron chi connectivity index (χ3n) is 3.61. The third kappa shape index (κ3) is 2.58. The van der Waals surface area contributed by atoms with Gasteiger partial charge in [-0.2, -0.15) is 0 Å². The van der Waals surface area contributed by atoms with Crippen LogP contribution >= 0.6 is 0 Å². The van der Waals surface area contributed by atoms with Gasteiger partial charge >= 0.3 is 0 Å². The molecule has 3 rings (SSSR count). The van der Waals surface area contributed by atoms with E-state index in [4.69, 9.17) is 4.74 Å². The summed E-state index contributed by atoms with van der Waals surface area (Å²) < 4.78 is 4.95. The quantitative estimate of drug-likeness (QED) is 0.913. The van der Waals surface area contributed by atoms with E-state index in [9.17, 15) is 4.79 Å². The van der Waals surface area contributed by atoms with Crippen LogP contribution in [0.1, 0.15) is 30.4 Å². The molecular weight excluding hydrogens is 270 g/mol. The van der Waals surface area contributed by atoms with Gasteiger partial charge in [-0.1, -0.05) is 0 Å². The first kappa shape index (κ1) is 13.5. The Bertz CT molecular complexity index is 700. The average molecular weight is 287 g/mol. The maximum Gasteiger partial charge on any atom is 0.293 e. The molecule has 21 heavy (non-hydrogen) atoms. The fourth-order valence-corrected chi connectivity index (χ4v) is 2.58. The number of aryl methyl sites for hydroxylation is 1. The molecule has 7 heteroatoms. The van der Waals surface area contributed by atoms with Gasteiger partial charge < -0.3 is 14.6 Å². The number of aromatic nitrogens is 4. The van der Waals surface area contributed by atoms with E-state index >= 15 is 0 Å². The van der Waals surface area contributed by atoms with Crippen LogP contribution in [0.25, 0.3) is 0 Å². The molecule has 0 bridgehead atoms. The minimum Gasteiger partial charge on any atom is -0.490 e. The zero-order valence-electron chi connectivity index (χ0n) is 12.0. The number of H-pyrrole nitrogens is 1. The van der Waals surface area contributed by atoms with E-state index in [-0.39, 0.29) is 17.4 Å². The van der Waals surface area contributed by atoms with Crippen molar-refractivity contribution in [3.05, 3.63) is 40.3 Å². The minimum absolute atomic E-state index is 0.00888. The van der Waals surface area contributed by atoms with Crippen molar-refractivity contribution in [3.8, 4) is 5.75 Å². The molecule has 1 aliphatic heterocycles. The van der Waals surface area contributed by atoms with Crippen molar-refractivity contribution in [3.63, 3.8) is 0 Å². The number of nitrogens with zero attached hydrogens (tertiary/aromatic N) is 4. The van der Waals surface area contributed by atoms with E-state index in [0.29, 0.717) is 11.8 Å². The Hall–Kier alpha value is -2.44. The van der Waals surface area contributed by atoms with E-state index in [0.717, 1.165) is 25.1 Å². The highest BCUT2D eigenvalue weighted by Gasteiger charge is 2.30. The average Bonchev–Trinajstić information content (AvgIpc) is 2.96. The fourth-order valence-electron chi connectivity index (χ4n) is 2.58. The van der Waals surface area contributed by atoms with Crippen LogP contribution in [-0.4, -0.2) is 33.6 Å². The van der Waals surface area contributed by atoms with Gasteiger partial charge in [-0.15, -0.1) is 0 Å². The minimum atomic E-state index is -0.264. The molecule has 0 spiro atoms. The second-order valence-corrected chi connectivity index (χ2v) is 5.02. The van der Waals surface area contributed by atoms with Crippen molar-refractivity contribution < 1.29 is 4.74 Å². The van der Waals surface area contributed by atoms with Crippen LogP contribution in [0.2, 0.25) is 0 Å². The molecule has 2 aromatic heterocycles. The van der Waals surface area contributed by atoms with Crippen LogP contribution in [0.4, 0.5) is 5.95 Å². The lowest BCUT2D eigenvalue weighted by atomic mass is 10.2. The molecule has 2 aromatic rings. The lowest BCUT2D eigenvalue weighted by Gasteiger charge is -2.23. The first-order valence-electron chi connectivity index (χ1n) is 6.88. The van der Waals surface area contributed by atoms with Gasteiger partial charge in [-0.05, 0) is 25.8 Å². The van der Waals surface area contributed by atoms with Crippen LogP contribution < -0.4 is 15.2 Å². The van der Waals surface area contributed by atoms with E-state index < -0.39 is 0 Å². The van der Waals surface area contributed by atoms with Crippen LogP contribution in [0.3, 0.4) is 0 Å². The van der Waals surface area contributed by atoms with E-state index in [1.54, 1.807) is 6.20 Å². The molecule has 0 amide bonds. The summed E-state index contributed by atoms with van der Waals surface area (Å²) in [6.45, 7) is 2.79. The highest BCUT2D eigenvalue weighted by atomic mass is 16.5. The lowest BCUT2D eigenvalue weighted by molar-refractivity contribution is 0.404. The molecule has 0 unspecified atom stereocenters. The predicted octanol–water partition coefficient (Wildman–Crippen LogP) is 1.22. The largest absolute Gasteiger partial charge is 0.490 e. The molecule has 110 valence electrons. The normalized spacial score (nSPS) is 18.0. The van der Waals surface area contributed by atoms with Crippen molar-refractivity contribution >= 4 is 5.95 Å². The van der Waals surface area contributed by atoms with Crippen LogP contribution in [0.15, 0.2) is 23.3 Å². The maximum absolute atomic E-state index is 11.9. The number of hydrogen-bond acceptors (Lipinski definition) is 6. The molecular formula is C14H17N5O2. The number of hydrogen-bond donors (Lipinski definition) is 1. The Labute approximate surface area is 122 Å². The Balaban J connectivity index is 1.94. The van der Waals surface area contributed by atoms with Gasteiger partial charge in [0.2, 0.25) is 11.7 Å². The SMILES string of the molecule is COc1cnc([C@@H]2CCCN2c2nccc(C)n2)[nH]c1=O. The zero-order chi connectivity index (χ0) is 14.8. The van der Waals surface area contributed by atoms with Gasteiger partial charge in [-0.25, -0.2) is 15.0 Å². The molecule has 1 atom stereocenters. The first-order chi connectivity index (χ1) is 10.2. The predicted molar refractivity (Wildman–Crippen MR) is 77.5 cm³/mol. The molecule has 1 fully saturated rings. The molecule has 0 aromatic carbocycles. The second-order valence-electron chi connectivity index (χ2n) is 5.02. The molecule has 0 saturated carbocycles. The Morgan fingerprint density at radius 3 is 3.00 bits per heavy atom. The summed E-state index contributed by atoms with van der Waals surface area (Å²) in [5, 5.41) is 0. The molecule has 0 radical (unpaired) electrons. The number of nitrogens with one attached hydrogen (secondary N) is 1. The second kappa shape index (κ2) is 5.51. The van der Waals surface area contributed by atoms with E-state index in [1.807, 2.05) is 13.0 Å². The molecule has 1 saturated heterocycles. The highest BCUT2D eigenvalue weighted by molar-refractivity contribution is 5.35. The molecule has 3 heterocycles. The number of methoxy groups -OCH3 is 1. The summed E-state index contributed by atoms with van der Waals surface area (Å²) in [4.78, 5) is 29.8.